The summed E-state index contributed by atoms with van der Waals surface area (Å²) in [5.74, 6) is 0.631. The molecule has 0 spiro atoms. The second-order valence-electron chi connectivity index (χ2n) is 7.04. The molecule has 4 rings (SSSR count). The molecule has 3 aromatic rings. The van der Waals surface area contributed by atoms with Crippen LogP contribution in [-0.2, 0) is 0 Å². The lowest BCUT2D eigenvalue weighted by Gasteiger charge is -2.18. The molecule has 1 aliphatic heterocycles. The van der Waals surface area contributed by atoms with E-state index >= 15 is 0 Å². The van der Waals surface area contributed by atoms with Crippen molar-refractivity contribution in [2.75, 3.05) is 19.6 Å². The van der Waals surface area contributed by atoms with Crippen molar-refractivity contribution in [3.8, 4) is 0 Å². The lowest BCUT2D eigenvalue weighted by molar-refractivity contribution is 0.0785. The molecule has 1 aliphatic rings. The number of halogens is 2. The fourth-order valence-electron chi connectivity index (χ4n) is 4.02. The lowest BCUT2D eigenvalue weighted by Crippen LogP contribution is -2.30. The maximum absolute atomic E-state index is 13.2. The highest BCUT2D eigenvalue weighted by molar-refractivity contribution is 6.00. The SMILES string of the molecule is Cc1c(C(=O)N2C[C@@H](CN)[C@H](c3ccccc3)C2)cnc2ccccc12.Cl.Cl. The predicted molar refractivity (Wildman–Crippen MR) is 119 cm³/mol. The quantitative estimate of drug-likeness (QED) is 0.694. The Balaban J connectivity index is 0.00000140. The number of carbonyl (C=O) groups excluding carboxylic acids is 1. The van der Waals surface area contributed by atoms with Crippen molar-refractivity contribution in [2.45, 2.75) is 12.8 Å². The molecule has 148 valence electrons. The summed E-state index contributed by atoms with van der Waals surface area (Å²) < 4.78 is 0. The number of amides is 1. The number of fused-ring (bicyclic) bond motifs is 1. The van der Waals surface area contributed by atoms with E-state index in [0.717, 1.165) is 16.5 Å². The third-order valence-corrected chi connectivity index (χ3v) is 5.53. The van der Waals surface area contributed by atoms with Gasteiger partial charge in [-0.2, -0.15) is 0 Å². The molecule has 1 aromatic heterocycles. The third-order valence-electron chi connectivity index (χ3n) is 5.53. The van der Waals surface area contributed by atoms with E-state index in [-0.39, 0.29) is 36.6 Å². The van der Waals surface area contributed by atoms with E-state index in [1.165, 1.54) is 5.56 Å². The number of likely N-dealkylation sites (tertiary alicyclic amines) is 1. The maximum Gasteiger partial charge on any atom is 0.255 e. The molecule has 6 heteroatoms. The van der Waals surface area contributed by atoms with E-state index in [1.807, 2.05) is 54.3 Å². The van der Waals surface area contributed by atoms with Crippen LogP contribution in [0.25, 0.3) is 10.9 Å². The molecule has 0 radical (unpaired) electrons. The number of nitrogens with zero attached hydrogens (tertiary/aromatic N) is 2. The van der Waals surface area contributed by atoms with Crippen LogP contribution in [0.4, 0.5) is 0 Å². The molecule has 4 nitrogen and oxygen atoms in total. The number of hydrogen-bond acceptors (Lipinski definition) is 3. The number of aromatic nitrogens is 1. The average Bonchev–Trinajstić information content (AvgIpc) is 3.13. The molecule has 2 heterocycles. The first-order chi connectivity index (χ1) is 12.7. The Hall–Kier alpha value is -2.14. The maximum atomic E-state index is 13.2. The summed E-state index contributed by atoms with van der Waals surface area (Å²) in [7, 11) is 0. The van der Waals surface area contributed by atoms with Crippen molar-refractivity contribution in [3.63, 3.8) is 0 Å². The molecule has 28 heavy (non-hydrogen) atoms. The zero-order valence-electron chi connectivity index (χ0n) is 15.7. The molecule has 2 aromatic carbocycles. The average molecular weight is 418 g/mol. The molecular formula is C22H25Cl2N3O. The van der Waals surface area contributed by atoms with E-state index in [0.29, 0.717) is 31.1 Å². The Labute approximate surface area is 178 Å². The van der Waals surface area contributed by atoms with Gasteiger partial charge in [0, 0.05) is 30.6 Å². The zero-order valence-corrected chi connectivity index (χ0v) is 17.4. The Bertz CT molecular complexity index is 949. The fraction of sp³-hybridized carbons (Fsp3) is 0.273. The number of nitrogens with two attached hydrogens (primary N) is 1. The van der Waals surface area contributed by atoms with Crippen LogP contribution in [0.1, 0.15) is 27.4 Å². The standard InChI is InChI=1S/C22H23N3O.2ClH/c1-15-18-9-5-6-10-21(18)24-12-19(15)22(26)25-13-17(11-23)20(14-25)16-7-3-2-4-8-16;;/h2-10,12,17,20H,11,13-14,23H2,1H3;2*1H/t17-,20+;;/m1../s1. The minimum Gasteiger partial charge on any atom is -0.338 e. The van der Waals surface area contributed by atoms with E-state index in [2.05, 4.69) is 17.1 Å². The highest BCUT2D eigenvalue weighted by Gasteiger charge is 2.36. The summed E-state index contributed by atoms with van der Waals surface area (Å²) in [6.07, 6.45) is 1.72. The molecule has 0 bridgehead atoms. The number of aryl methyl sites for hydroxylation is 1. The van der Waals surface area contributed by atoms with Crippen LogP contribution in [0.15, 0.2) is 60.8 Å². The van der Waals surface area contributed by atoms with Gasteiger partial charge in [0.1, 0.15) is 0 Å². The first kappa shape index (κ1) is 22.2. The van der Waals surface area contributed by atoms with Gasteiger partial charge in [-0.05, 0) is 36.6 Å². The number of benzene rings is 2. The summed E-state index contributed by atoms with van der Waals surface area (Å²) in [6.45, 7) is 3.98. The van der Waals surface area contributed by atoms with Gasteiger partial charge in [-0.25, -0.2) is 0 Å². The number of para-hydroxylation sites is 1. The van der Waals surface area contributed by atoms with Gasteiger partial charge in [0.05, 0.1) is 11.1 Å². The normalized spacial score (nSPS) is 18.4. The van der Waals surface area contributed by atoms with Crippen molar-refractivity contribution in [3.05, 3.63) is 77.5 Å². The van der Waals surface area contributed by atoms with E-state index in [9.17, 15) is 4.79 Å². The summed E-state index contributed by atoms with van der Waals surface area (Å²) in [4.78, 5) is 19.6. The van der Waals surface area contributed by atoms with Crippen LogP contribution >= 0.6 is 24.8 Å². The summed E-state index contributed by atoms with van der Waals surface area (Å²) >= 11 is 0. The molecule has 1 fully saturated rings. The van der Waals surface area contributed by atoms with Crippen LogP contribution in [-0.4, -0.2) is 35.4 Å². The molecular weight excluding hydrogens is 393 g/mol. The van der Waals surface area contributed by atoms with E-state index in [4.69, 9.17) is 5.73 Å². The van der Waals surface area contributed by atoms with Crippen LogP contribution in [0.3, 0.4) is 0 Å². The predicted octanol–water partition coefficient (Wildman–Crippen LogP) is 4.20. The second kappa shape index (κ2) is 9.37. The van der Waals surface area contributed by atoms with E-state index < -0.39 is 0 Å². The molecule has 0 aliphatic carbocycles. The van der Waals surface area contributed by atoms with Crippen molar-refractivity contribution in [1.29, 1.82) is 0 Å². The minimum atomic E-state index is 0. The van der Waals surface area contributed by atoms with Crippen molar-refractivity contribution in [1.82, 2.24) is 9.88 Å². The third kappa shape index (κ3) is 4.00. The number of carbonyl (C=O) groups is 1. The zero-order chi connectivity index (χ0) is 18.1. The Morgan fingerprint density at radius 1 is 1.07 bits per heavy atom. The minimum absolute atomic E-state index is 0. The Morgan fingerprint density at radius 3 is 2.46 bits per heavy atom. The van der Waals surface area contributed by atoms with Gasteiger partial charge in [-0.15, -0.1) is 24.8 Å². The summed E-state index contributed by atoms with van der Waals surface area (Å²) in [5, 5.41) is 1.03. The van der Waals surface area contributed by atoms with Gasteiger partial charge in [0.15, 0.2) is 0 Å². The van der Waals surface area contributed by atoms with Gasteiger partial charge < -0.3 is 10.6 Å². The molecule has 2 N–H and O–H groups in total. The highest BCUT2D eigenvalue weighted by Crippen LogP contribution is 2.33. The van der Waals surface area contributed by atoms with Crippen LogP contribution in [0.2, 0.25) is 0 Å². The van der Waals surface area contributed by atoms with Crippen LogP contribution < -0.4 is 5.73 Å². The monoisotopic (exact) mass is 417 g/mol. The van der Waals surface area contributed by atoms with Crippen LogP contribution in [0, 0.1) is 12.8 Å². The Morgan fingerprint density at radius 2 is 1.75 bits per heavy atom. The van der Waals surface area contributed by atoms with Gasteiger partial charge in [-0.1, -0.05) is 48.5 Å². The van der Waals surface area contributed by atoms with Gasteiger partial charge in [0.2, 0.25) is 0 Å². The van der Waals surface area contributed by atoms with Crippen molar-refractivity contribution < 1.29 is 4.79 Å². The summed E-state index contributed by atoms with van der Waals surface area (Å²) in [5.41, 5.74) is 9.88. The van der Waals surface area contributed by atoms with Crippen molar-refractivity contribution in [2.24, 2.45) is 11.7 Å². The number of rotatable bonds is 3. The topological polar surface area (TPSA) is 59.2 Å². The van der Waals surface area contributed by atoms with E-state index in [1.54, 1.807) is 6.20 Å². The van der Waals surface area contributed by atoms with Crippen molar-refractivity contribution >= 4 is 41.6 Å². The van der Waals surface area contributed by atoms with Crippen LogP contribution in [0.5, 0.6) is 0 Å². The summed E-state index contributed by atoms with van der Waals surface area (Å²) in [6, 6.07) is 18.3. The second-order valence-corrected chi connectivity index (χ2v) is 7.04. The molecule has 1 saturated heterocycles. The Kier molecular flexibility index (Phi) is 7.41. The van der Waals surface area contributed by atoms with Gasteiger partial charge in [-0.3, -0.25) is 9.78 Å². The lowest BCUT2D eigenvalue weighted by atomic mass is 9.89. The van der Waals surface area contributed by atoms with Gasteiger partial charge in [0.25, 0.3) is 5.91 Å². The molecule has 1 amide bonds. The number of hydrogen-bond donors (Lipinski definition) is 1. The molecule has 0 saturated carbocycles. The van der Waals surface area contributed by atoms with Gasteiger partial charge >= 0.3 is 0 Å². The fourth-order valence-corrected chi connectivity index (χ4v) is 4.02. The molecule has 2 atom stereocenters. The first-order valence-corrected chi connectivity index (χ1v) is 9.07. The highest BCUT2D eigenvalue weighted by atomic mass is 35.5. The number of pyridine rings is 1. The first-order valence-electron chi connectivity index (χ1n) is 9.07. The molecule has 0 unspecified atom stereocenters. The largest absolute Gasteiger partial charge is 0.338 e. The smallest absolute Gasteiger partial charge is 0.255 e.